The lowest BCUT2D eigenvalue weighted by Gasteiger charge is -2.19. The number of halogens is 1. The summed E-state index contributed by atoms with van der Waals surface area (Å²) in [7, 11) is 4.89. The lowest BCUT2D eigenvalue weighted by Crippen LogP contribution is -2.37. The van der Waals surface area contributed by atoms with Crippen LogP contribution in [-0.4, -0.2) is 49.3 Å². The summed E-state index contributed by atoms with van der Waals surface area (Å²) >= 11 is 3.26. The number of rotatable bonds is 3. The monoisotopic (exact) mass is 313 g/mol. The van der Waals surface area contributed by atoms with Gasteiger partial charge in [0.2, 0.25) is 5.91 Å². The quantitative estimate of drug-likeness (QED) is 0.852. The van der Waals surface area contributed by atoms with E-state index in [9.17, 15) is 9.59 Å². The summed E-state index contributed by atoms with van der Waals surface area (Å²) < 4.78 is 0.742. The lowest BCUT2D eigenvalue weighted by atomic mass is 10.2. The van der Waals surface area contributed by atoms with E-state index in [1.165, 1.54) is 9.80 Å². The lowest BCUT2D eigenvalue weighted by molar-refractivity contribution is -0.129. The van der Waals surface area contributed by atoms with Crippen LogP contribution < -0.4 is 5.73 Å². The van der Waals surface area contributed by atoms with Crippen molar-refractivity contribution < 1.29 is 9.59 Å². The Balaban J connectivity index is 2.80. The summed E-state index contributed by atoms with van der Waals surface area (Å²) in [6.07, 6.45) is 0. The first-order chi connectivity index (χ1) is 8.32. The van der Waals surface area contributed by atoms with Gasteiger partial charge in [0.05, 0.1) is 6.54 Å². The van der Waals surface area contributed by atoms with Crippen molar-refractivity contribution >= 4 is 33.4 Å². The molecule has 1 rings (SSSR count). The molecular formula is C12H16BrN3O2. The van der Waals surface area contributed by atoms with Crippen molar-refractivity contribution in [2.45, 2.75) is 0 Å². The molecule has 0 radical (unpaired) electrons. The first-order valence-corrected chi connectivity index (χ1v) is 6.13. The predicted molar refractivity (Wildman–Crippen MR) is 74.2 cm³/mol. The van der Waals surface area contributed by atoms with Crippen LogP contribution in [0.15, 0.2) is 22.7 Å². The zero-order valence-corrected chi connectivity index (χ0v) is 12.2. The Morgan fingerprint density at radius 1 is 1.28 bits per heavy atom. The van der Waals surface area contributed by atoms with Crippen LogP contribution in [0.2, 0.25) is 0 Å². The third-order valence-corrected chi connectivity index (χ3v) is 3.18. The van der Waals surface area contributed by atoms with E-state index in [0.29, 0.717) is 11.3 Å². The second-order valence-corrected chi connectivity index (χ2v) is 5.04. The van der Waals surface area contributed by atoms with E-state index in [1.54, 1.807) is 39.3 Å². The molecule has 6 heteroatoms. The second kappa shape index (κ2) is 5.86. The minimum Gasteiger partial charge on any atom is -0.398 e. The van der Waals surface area contributed by atoms with E-state index in [0.717, 1.165) is 4.47 Å². The van der Waals surface area contributed by atoms with Gasteiger partial charge in [-0.1, -0.05) is 0 Å². The number of carbonyl (C=O) groups excluding carboxylic acids is 2. The Hall–Kier alpha value is -1.56. The number of anilines is 1. The molecule has 5 nitrogen and oxygen atoms in total. The Morgan fingerprint density at radius 3 is 2.39 bits per heavy atom. The number of likely N-dealkylation sites (N-methyl/N-ethyl adjacent to an activating group) is 2. The van der Waals surface area contributed by atoms with E-state index in [4.69, 9.17) is 5.73 Å². The summed E-state index contributed by atoms with van der Waals surface area (Å²) in [4.78, 5) is 26.4. The maximum atomic E-state index is 12.1. The second-order valence-electron chi connectivity index (χ2n) is 4.19. The topological polar surface area (TPSA) is 66.6 Å². The molecule has 18 heavy (non-hydrogen) atoms. The van der Waals surface area contributed by atoms with Gasteiger partial charge in [0.25, 0.3) is 5.91 Å². The summed E-state index contributed by atoms with van der Waals surface area (Å²) in [6, 6.07) is 4.96. The Morgan fingerprint density at radius 2 is 1.89 bits per heavy atom. The van der Waals surface area contributed by atoms with Gasteiger partial charge in [-0.3, -0.25) is 9.59 Å². The first-order valence-electron chi connectivity index (χ1n) is 5.33. The van der Waals surface area contributed by atoms with E-state index in [2.05, 4.69) is 15.9 Å². The molecule has 0 fully saturated rings. The Bertz CT molecular complexity index is 474. The van der Waals surface area contributed by atoms with Gasteiger partial charge in [0, 0.05) is 36.9 Å². The van der Waals surface area contributed by atoms with Gasteiger partial charge in [-0.25, -0.2) is 0 Å². The minimum atomic E-state index is -0.232. The molecular weight excluding hydrogens is 298 g/mol. The van der Waals surface area contributed by atoms with Gasteiger partial charge in [-0.15, -0.1) is 0 Å². The number of nitrogens with two attached hydrogens (primary N) is 1. The molecule has 2 amide bonds. The molecule has 0 spiro atoms. The standard InChI is InChI=1S/C12H16BrN3O2/c1-15(2)11(17)7-16(3)12(18)8-4-5-9(13)10(14)6-8/h4-6H,7,14H2,1-3H3. The SMILES string of the molecule is CN(C)C(=O)CN(C)C(=O)c1ccc(Br)c(N)c1. The Labute approximate surface area is 115 Å². The molecule has 2 N–H and O–H groups in total. The zero-order valence-electron chi connectivity index (χ0n) is 10.6. The highest BCUT2D eigenvalue weighted by atomic mass is 79.9. The molecule has 0 heterocycles. The first kappa shape index (κ1) is 14.5. The van der Waals surface area contributed by atoms with Crippen LogP contribution >= 0.6 is 15.9 Å². The van der Waals surface area contributed by atoms with Crippen molar-refractivity contribution in [3.05, 3.63) is 28.2 Å². The predicted octanol–water partition coefficient (Wildman–Crippen LogP) is 1.19. The van der Waals surface area contributed by atoms with Crippen molar-refractivity contribution in [1.29, 1.82) is 0 Å². The Kier molecular flexibility index (Phi) is 4.72. The smallest absolute Gasteiger partial charge is 0.254 e. The molecule has 1 aromatic carbocycles. The van der Waals surface area contributed by atoms with Crippen molar-refractivity contribution in [3.8, 4) is 0 Å². The fourth-order valence-electron chi connectivity index (χ4n) is 1.31. The van der Waals surface area contributed by atoms with Crippen molar-refractivity contribution in [2.24, 2.45) is 0 Å². The van der Waals surface area contributed by atoms with Crippen LogP contribution in [0.1, 0.15) is 10.4 Å². The van der Waals surface area contributed by atoms with Gasteiger partial charge >= 0.3 is 0 Å². The molecule has 0 aliphatic heterocycles. The molecule has 0 bridgehead atoms. The van der Waals surface area contributed by atoms with Crippen LogP contribution in [0.3, 0.4) is 0 Å². The van der Waals surface area contributed by atoms with Crippen LogP contribution in [0.4, 0.5) is 5.69 Å². The van der Waals surface area contributed by atoms with Crippen molar-refractivity contribution in [3.63, 3.8) is 0 Å². The molecule has 0 aliphatic carbocycles. The van der Waals surface area contributed by atoms with Gasteiger partial charge in [-0.2, -0.15) is 0 Å². The number of carbonyl (C=O) groups is 2. The largest absolute Gasteiger partial charge is 0.398 e. The van der Waals surface area contributed by atoms with Crippen LogP contribution in [-0.2, 0) is 4.79 Å². The number of hydrogen-bond acceptors (Lipinski definition) is 3. The highest BCUT2D eigenvalue weighted by Crippen LogP contribution is 2.20. The summed E-state index contributed by atoms with van der Waals surface area (Å²) in [6.45, 7) is 0.0435. The number of nitrogen functional groups attached to an aromatic ring is 1. The number of benzene rings is 1. The average Bonchev–Trinajstić information content (AvgIpc) is 2.31. The molecule has 0 unspecified atom stereocenters. The fourth-order valence-corrected chi connectivity index (χ4v) is 1.56. The zero-order chi connectivity index (χ0) is 13.9. The number of nitrogens with zero attached hydrogens (tertiary/aromatic N) is 2. The molecule has 0 saturated heterocycles. The minimum absolute atomic E-state index is 0.0435. The number of amides is 2. The van der Waals surface area contributed by atoms with Crippen LogP contribution in [0.5, 0.6) is 0 Å². The van der Waals surface area contributed by atoms with Gasteiger partial charge in [0.1, 0.15) is 0 Å². The third kappa shape index (κ3) is 3.46. The molecule has 98 valence electrons. The normalized spacial score (nSPS) is 10.0. The van der Waals surface area contributed by atoms with Gasteiger partial charge in [0.15, 0.2) is 0 Å². The maximum absolute atomic E-state index is 12.1. The highest BCUT2D eigenvalue weighted by molar-refractivity contribution is 9.10. The van der Waals surface area contributed by atoms with Crippen LogP contribution in [0.25, 0.3) is 0 Å². The summed E-state index contributed by atoms with van der Waals surface area (Å²) in [5.41, 5.74) is 6.67. The maximum Gasteiger partial charge on any atom is 0.254 e. The molecule has 0 saturated carbocycles. The van der Waals surface area contributed by atoms with E-state index in [1.807, 2.05) is 0 Å². The highest BCUT2D eigenvalue weighted by Gasteiger charge is 2.16. The van der Waals surface area contributed by atoms with Crippen LogP contribution in [0, 0.1) is 0 Å². The van der Waals surface area contributed by atoms with Crippen molar-refractivity contribution in [1.82, 2.24) is 9.80 Å². The van der Waals surface area contributed by atoms with E-state index >= 15 is 0 Å². The average molecular weight is 314 g/mol. The molecule has 0 atom stereocenters. The van der Waals surface area contributed by atoms with Gasteiger partial charge in [-0.05, 0) is 34.1 Å². The summed E-state index contributed by atoms with van der Waals surface area (Å²) in [5.74, 6) is -0.361. The van der Waals surface area contributed by atoms with E-state index in [-0.39, 0.29) is 18.4 Å². The fraction of sp³-hybridized carbons (Fsp3) is 0.333. The molecule has 0 aliphatic rings. The third-order valence-electron chi connectivity index (χ3n) is 2.46. The summed E-state index contributed by atoms with van der Waals surface area (Å²) in [5, 5.41) is 0. The number of hydrogen-bond donors (Lipinski definition) is 1. The van der Waals surface area contributed by atoms with Crippen molar-refractivity contribution in [2.75, 3.05) is 33.4 Å². The van der Waals surface area contributed by atoms with E-state index < -0.39 is 0 Å². The molecule has 0 aromatic heterocycles. The van der Waals surface area contributed by atoms with Gasteiger partial charge < -0.3 is 15.5 Å². The molecule has 1 aromatic rings.